The smallest absolute Gasteiger partial charge is 0.275 e. The van der Waals surface area contributed by atoms with Crippen molar-refractivity contribution < 1.29 is 9.53 Å². The maximum Gasteiger partial charge on any atom is 0.275 e. The van der Waals surface area contributed by atoms with Crippen molar-refractivity contribution in [3.05, 3.63) is 28.9 Å². The molecule has 2 aliphatic rings. The van der Waals surface area contributed by atoms with E-state index in [1.807, 2.05) is 11.0 Å². The van der Waals surface area contributed by atoms with Gasteiger partial charge in [-0.2, -0.15) is 5.10 Å². The zero-order valence-electron chi connectivity index (χ0n) is 10.1. The normalized spacial score (nSPS) is 25.4. The summed E-state index contributed by atoms with van der Waals surface area (Å²) < 4.78 is 5.39. The summed E-state index contributed by atoms with van der Waals surface area (Å²) in [6, 6.07) is 5.80. The first-order chi connectivity index (χ1) is 9.24. The van der Waals surface area contributed by atoms with Crippen molar-refractivity contribution >= 4 is 28.4 Å². The van der Waals surface area contributed by atoms with Crippen molar-refractivity contribution in [3.8, 4) is 0 Å². The number of ether oxygens (including phenoxy) is 1. The van der Waals surface area contributed by atoms with Crippen LogP contribution in [-0.4, -0.2) is 46.3 Å². The second-order valence-corrected chi connectivity index (χ2v) is 5.49. The molecule has 2 aliphatic heterocycles. The molecule has 98 valence electrons. The zero-order valence-corrected chi connectivity index (χ0v) is 10.9. The van der Waals surface area contributed by atoms with Gasteiger partial charge < -0.3 is 9.64 Å². The minimum atomic E-state index is -0.0296. The molecule has 19 heavy (non-hydrogen) atoms. The predicted octanol–water partition coefficient (Wildman–Crippen LogP) is 1.83. The van der Waals surface area contributed by atoms with Gasteiger partial charge in [0.2, 0.25) is 0 Å². The molecule has 1 N–H and O–H groups in total. The molecule has 0 radical (unpaired) electrons. The number of rotatable bonds is 1. The Balaban J connectivity index is 1.74. The molecular weight excluding hydrogens is 266 g/mol. The molecule has 6 heteroatoms. The van der Waals surface area contributed by atoms with E-state index in [9.17, 15) is 4.79 Å². The highest BCUT2D eigenvalue weighted by Gasteiger charge is 2.46. The zero-order chi connectivity index (χ0) is 13.0. The van der Waals surface area contributed by atoms with Gasteiger partial charge >= 0.3 is 0 Å². The lowest BCUT2D eigenvalue weighted by atomic mass is 9.90. The van der Waals surface area contributed by atoms with E-state index < -0.39 is 0 Å². The number of fused-ring (bicyclic) bond motifs is 3. The van der Waals surface area contributed by atoms with Gasteiger partial charge in [-0.15, -0.1) is 0 Å². The summed E-state index contributed by atoms with van der Waals surface area (Å²) in [4.78, 5) is 14.5. The summed E-state index contributed by atoms with van der Waals surface area (Å²) in [7, 11) is 0. The predicted molar refractivity (Wildman–Crippen MR) is 70.3 cm³/mol. The number of H-pyrrole nitrogens is 1. The Kier molecular flexibility index (Phi) is 2.34. The lowest BCUT2D eigenvalue weighted by Gasteiger charge is -2.51. The molecule has 2 saturated heterocycles. The fourth-order valence-corrected chi connectivity index (χ4v) is 3.11. The van der Waals surface area contributed by atoms with Crippen LogP contribution >= 0.6 is 11.6 Å². The summed E-state index contributed by atoms with van der Waals surface area (Å²) in [6.07, 6.45) is 1.04. The number of nitrogens with one attached hydrogen (secondary N) is 1. The highest BCUT2D eigenvalue weighted by molar-refractivity contribution is 6.31. The summed E-state index contributed by atoms with van der Waals surface area (Å²) >= 11 is 5.99. The van der Waals surface area contributed by atoms with Crippen LogP contribution in [-0.2, 0) is 4.74 Å². The van der Waals surface area contributed by atoms with Crippen LogP contribution in [0.15, 0.2) is 18.2 Å². The Hall–Kier alpha value is -1.59. The van der Waals surface area contributed by atoms with Crippen LogP contribution in [0.4, 0.5) is 0 Å². The molecule has 4 rings (SSSR count). The maximum absolute atomic E-state index is 12.6. The average molecular weight is 278 g/mol. The number of morpholine rings is 1. The molecule has 0 spiro atoms. The van der Waals surface area contributed by atoms with Gasteiger partial charge in [-0.25, -0.2) is 0 Å². The number of carbonyl (C=O) groups excluding carboxylic acids is 1. The van der Waals surface area contributed by atoms with Gasteiger partial charge in [-0.1, -0.05) is 11.6 Å². The van der Waals surface area contributed by atoms with Crippen molar-refractivity contribution in [2.24, 2.45) is 0 Å². The molecule has 3 heterocycles. The number of halogens is 1. The standard InChI is InChI=1S/C13H12ClN3O2/c14-7-1-2-11-10(3-7)12(16-15-11)13(18)17-8-4-9(17)6-19-5-8/h1-3,8-9H,4-6H2,(H,15,16). The number of aromatic amines is 1. The topological polar surface area (TPSA) is 58.2 Å². The molecule has 1 aromatic heterocycles. The quantitative estimate of drug-likeness (QED) is 0.865. The third-order valence-corrected chi connectivity index (χ3v) is 4.15. The maximum atomic E-state index is 12.6. The first-order valence-corrected chi connectivity index (χ1v) is 6.66. The summed E-state index contributed by atoms with van der Waals surface area (Å²) in [5, 5.41) is 8.42. The molecule has 2 fully saturated rings. The number of hydrogen-bond acceptors (Lipinski definition) is 3. The molecule has 2 aromatic rings. The van der Waals surface area contributed by atoms with Crippen molar-refractivity contribution in [3.63, 3.8) is 0 Å². The summed E-state index contributed by atoms with van der Waals surface area (Å²) in [6.45, 7) is 1.26. The molecule has 0 aliphatic carbocycles. The first kappa shape index (κ1) is 11.3. The number of carbonyl (C=O) groups is 1. The van der Waals surface area contributed by atoms with E-state index in [1.165, 1.54) is 0 Å². The van der Waals surface area contributed by atoms with Crippen molar-refractivity contribution in [1.29, 1.82) is 0 Å². The Labute approximate surface area is 114 Å². The van der Waals surface area contributed by atoms with Gasteiger partial charge in [0.25, 0.3) is 5.91 Å². The van der Waals surface area contributed by atoms with Gasteiger partial charge in [0.1, 0.15) is 0 Å². The van der Waals surface area contributed by atoms with Gasteiger partial charge in [0, 0.05) is 10.4 Å². The fraction of sp³-hybridized carbons (Fsp3) is 0.385. The minimum Gasteiger partial charge on any atom is -0.377 e. The number of benzene rings is 1. The molecule has 1 aromatic carbocycles. The molecule has 0 saturated carbocycles. The second-order valence-electron chi connectivity index (χ2n) is 5.06. The van der Waals surface area contributed by atoms with Crippen LogP contribution in [0.5, 0.6) is 0 Å². The van der Waals surface area contributed by atoms with E-state index in [1.54, 1.807) is 12.1 Å². The van der Waals surface area contributed by atoms with Crippen LogP contribution < -0.4 is 0 Å². The minimum absolute atomic E-state index is 0.0296. The van der Waals surface area contributed by atoms with Gasteiger partial charge in [0.05, 0.1) is 30.8 Å². The Morgan fingerprint density at radius 2 is 2.21 bits per heavy atom. The molecular formula is C13H12ClN3O2. The van der Waals surface area contributed by atoms with Crippen LogP contribution in [0.1, 0.15) is 16.9 Å². The van der Waals surface area contributed by atoms with Crippen LogP contribution in [0.2, 0.25) is 5.02 Å². The molecule has 1 amide bonds. The first-order valence-electron chi connectivity index (χ1n) is 6.28. The Morgan fingerprint density at radius 1 is 1.42 bits per heavy atom. The third kappa shape index (κ3) is 1.58. The van der Waals surface area contributed by atoms with Gasteiger partial charge in [0.15, 0.2) is 5.69 Å². The molecule has 2 bridgehead atoms. The lowest BCUT2D eigenvalue weighted by Crippen LogP contribution is -2.65. The number of amides is 1. The summed E-state index contributed by atoms with van der Waals surface area (Å²) in [5.74, 6) is -0.0296. The van der Waals surface area contributed by atoms with E-state index in [0.29, 0.717) is 23.9 Å². The molecule has 5 nitrogen and oxygen atoms in total. The fourth-order valence-electron chi connectivity index (χ4n) is 2.94. The monoisotopic (exact) mass is 277 g/mol. The van der Waals surface area contributed by atoms with Crippen LogP contribution in [0, 0.1) is 0 Å². The summed E-state index contributed by atoms with van der Waals surface area (Å²) in [5.41, 5.74) is 1.28. The van der Waals surface area contributed by atoms with Crippen LogP contribution in [0.3, 0.4) is 0 Å². The molecule has 2 atom stereocenters. The number of nitrogens with zero attached hydrogens (tertiary/aromatic N) is 2. The SMILES string of the molecule is O=C(c1n[nH]c2ccc(Cl)cc12)N1C2COCC1C2. The van der Waals surface area contributed by atoms with Crippen molar-refractivity contribution in [2.45, 2.75) is 18.5 Å². The van der Waals surface area contributed by atoms with E-state index in [2.05, 4.69) is 10.2 Å². The average Bonchev–Trinajstić information content (AvgIpc) is 2.82. The molecule has 2 unspecified atom stereocenters. The van der Waals surface area contributed by atoms with E-state index in [4.69, 9.17) is 16.3 Å². The Bertz CT molecular complexity index is 655. The van der Waals surface area contributed by atoms with E-state index in [0.717, 1.165) is 17.3 Å². The van der Waals surface area contributed by atoms with Gasteiger partial charge in [-0.3, -0.25) is 9.89 Å². The largest absolute Gasteiger partial charge is 0.377 e. The van der Waals surface area contributed by atoms with Gasteiger partial charge in [-0.05, 0) is 24.6 Å². The highest BCUT2D eigenvalue weighted by atomic mass is 35.5. The number of aromatic nitrogens is 2. The van der Waals surface area contributed by atoms with E-state index in [-0.39, 0.29) is 18.0 Å². The van der Waals surface area contributed by atoms with Crippen molar-refractivity contribution in [2.75, 3.05) is 13.2 Å². The lowest BCUT2D eigenvalue weighted by molar-refractivity contribution is -0.104. The Morgan fingerprint density at radius 3 is 2.95 bits per heavy atom. The number of hydrogen-bond donors (Lipinski definition) is 1. The van der Waals surface area contributed by atoms with E-state index >= 15 is 0 Å². The second kappa shape index (κ2) is 3.95. The van der Waals surface area contributed by atoms with Crippen molar-refractivity contribution in [1.82, 2.24) is 15.1 Å². The van der Waals surface area contributed by atoms with Crippen LogP contribution in [0.25, 0.3) is 10.9 Å². The highest BCUT2D eigenvalue weighted by Crippen LogP contribution is 2.33. The third-order valence-electron chi connectivity index (χ3n) is 3.91.